The Labute approximate surface area is 186 Å². The van der Waals surface area contributed by atoms with Crippen LogP contribution >= 0.6 is 0 Å². The van der Waals surface area contributed by atoms with Gasteiger partial charge in [0.1, 0.15) is 0 Å². The third-order valence-electron chi connectivity index (χ3n) is 7.89. The molecule has 2 fully saturated rings. The Balaban J connectivity index is 1.30. The topological polar surface area (TPSA) is 9.23 Å². The van der Waals surface area contributed by atoms with E-state index in [2.05, 4.69) is 43.8 Å². The van der Waals surface area contributed by atoms with Gasteiger partial charge in [0.05, 0.1) is 6.61 Å². The van der Waals surface area contributed by atoms with Gasteiger partial charge in [-0.1, -0.05) is 82.2 Å². The average molecular weight is 411 g/mol. The van der Waals surface area contributed by atoms with Crippen LogP contribution in [0.1, 0.15) is 114 Å². The summed E-state index contributed by atoms with van der Waals surface area (Å²) in [5.41, 5.74) is 2.87. The molecule has 1 nitrogen and oxygen atoms in total. The highest BCUT2D eigenvalue weighted by atomic mass is 16.5. The molecule has 2 saturated carbocycles. The van der Waals surface area contributed by atoms with E-state index in [9.17, 15) is 0 Å². The summed E-state index contributed by atoms with van der Waals surface area (Å²) in [4.78, 5) is 0. The summed E-state index contributed by atoms with van der Waals surface area (Å²) < 4.78 is 5.67. The molecule has 0 heterocycles. The van der Waals surface area contributed by atoms with Crippen LogP contribution < -0.4 is 0 Å². The molecule has 0 saturated heterocycles. The Kier molecular flexibility index (Phi) is 10.5. The molecule has 0 atom stereocenters. The van der Waals surface area contributed by atoms with E-state index < -0.39 is 0 Å². The second kappa shape index (κ2) is 13.4. The molecule has 1 aromatic carbocycles. The van der Waals surface area contributed by atoms with Crippen molar-refractivity contribution in [2.45, 2.75) is 109 Å². The van der Waals surface area contributed by atoms with Gasteiger partial charge in [-0.05, 0) is 79.7 Å². The van der Waals surface area contributed by atoms with E-state index in [0.29, 0.717) is 0 Å². The minimum atomic E-state index is 0.762. The number of hydrogen-bond acceptors (Lipinski definition) is 1. The first-order valence-corrected chi connectivity index (χ1v) is 13.1. The van der Waals surface area contributed by atoms with Gasteiger partial charge >= 0.3 is 0 Å². The maximum Gasteiger partial charge on any atom is 0.0716 e. The van der Waals surface area contributed by atoms with Crippen LogP contribution in [0.15, 0.2) is 36.9 Å². The van der Waals surface area contributed by atoms with Crippen molar-refractivity contribution in [1.82, 2.24) is 0 Å². The van der Waals surface area contributed by atoms with Crippen LogP contribution in [0.25, 0.3) is 0 Å². The van der Waals surface area contributed by atoms with Crippen molar-refractivity contribution in [2.75, 3.05) is 6.61 Å². The zero-order valence-electron chi connectivity index (χ0n) is 19.6. The zero-order valence-corrected chi connectivity index (χ0v) is 19.6. The van der Waals surface area contributed by atoms with Gasteiger partial charge in [-0.2, -0.15) is 0 Å². The molecule has 0 spiro atoms. The fraction of sp³-hybridized carbons (Fsp3) is 0.724. The molecule has 168 valence electrons. The molecule has 0 aliphatic heterocycles. The molecule has 3 rings (SSSR count). The minimum absolute atomic E-state index is 0.762. The summed E-state index contributed by atoms with van der Waals surface area (Å²) >= 11 is 0. The molecule has 2 aliphatic rings. The Hall–Kier alpha value is -1.08. The Morgan fingerprint density at radius 2 is 1.40 bits per heavy atom. The third kappa shape index (κ3) is 7.88. The molecule has 0 N–H and O–H groups in total. The smallest absolute Gasteiger partial charge is 0.0716 e. The first-order valence-electron chi connectivity index (χ1n) is 13.1. The lowest BCUT2D eigenvalue weighted by atomic mass is 9.74. The molecule has 0 amide bonds. The Bertz CT molecular complexity index is 573. The molecule has 1 aromatic rings. The van der Waals surface area contributed by atoms with E-state index in [1.54, 1.807) is 5.56 Å². The van der Waals surface area contributed by atoms with Crippen LogP contribution in [0, 0.1) is 17.8 Å². The van der Waals surface area contributed by atoms with Crippen molar-refractivity contribution in [1.29, 1.82) is 0 Å². The van der Waals surface area contributed by atoms with E-state index in [1.165, 1.54) is 89.0 Å². The highest BCUT2D eigenvalue weighted by Gasteiger charge is 2.25. The third-order valence-corrected chi connectivity index (χ3v) is 7.89. The molecule has 2 aliphatic carbocycles. The molecule has 0 aromatic heterocycles. The molecule has 0 unspecified atom stereocenters. The van der Waals surface area contributed by atoms with Crippen LogP contribution in [0.4, 0.5) is 0 Å². The van der Waals surface area contributed by atoms with Gasteiger partial charge in [0, 0.05) is 6.61 Å². The molecule has 1 heteroatoms. The summed E-state index contributed by atoms with van der Waals surface area (Å²) in [6.07, 6.45) is 21.9. The van der Waals surface area contributed by atoms with Crippen LogP contribution in [0.3, 0.4) is 0 Å². The second-order valence-corrected chi connectivity index (χ2v) is 10.2. The van der Waals surface area contributed by atoms with Crippen LogP contribution in [0.5, 0.6) is 0 Å². The fourth-order valence-electron chi connectivity index (χ4n) is 5.84. The van der Waals surface area contributed by atoms with Gasteiger partial charge in [-0.15, -0.1) is 6.58 Å². The number of ether oxygens (including phenoxy) is 1. The fourth-order valence-corrected chi connectivity index (χ4v) is 5.84. The van der Waals surface area contributed by atoms with E-state index in [1.807, 2.05) is 0 Å². The highest BCUT2D eigenvalue weighted by Crippen LogP contribution is 2.40. The SMILES string of the molecule is C=CCCC[C@H]1CC[C@H](CC[C@H]2CC[C@H](c3ccc(COCCC)cc3)CC2)CC1. The van der Waals surface area contributed by atoms with Crippen molar-refractivity contribution >= 4 is 0 Å². The molecule has 0 radical (unpaired) electrons. The normalized spacial score (nSPS) is 27.1. The molecular weight excluding hydrogens is 364 g/mol. The maximum atomic E-state index is 5.67. The van der Waals surface area contributed by atoms with Crippen molar-refractivity contribution in [2.24, 2.45) is 17.8 Å². The largest absolute Gasteiger partial charge is 0.377 e. The number of rotatable bonds is 12. The highest BCUT2D eigenvalue weighted by molar-refractivity contribution is 5.25. The van der Waals surface area contributed by atoms with Gasteiger partial charge in [0.25, 0.3) is 0 Å². The molecular formula is C29H46O. The van der Waals surface area contributed by atoms with Gasteiger partial charge in [0.2, 0.25) is 0 Å². The van der Waals surface area contributed by atoms with E-state index in [4.69, 9.17) is 4.74 Å². The summed E-state index contributed by atoms with van der Waals surface area (Å²) in [5, 5.41) is 0. The summed E-state index contributed by atoms with van der Waals surface area (Å²) in [7, 11) is 0. The lowest BCUT2D eigenvalue weighted by Crippen LogP contribution is -2.17. The predicted molar refractivity (Wildman–Crippen MR) is 130 cm³/mol. The van der Waals surface area contributed by atoms with E-state index in [0.717, 1.165) is 43.3 Å². The number of benzene rings is 1. The standard InChI is InChI=1S/C29H46O/c1-3-5-6-7-24-8-10-25(11-9-24)12-13-26-14-18-28(19-15-26)29-20-16-27(17-21-29)23-30-22-4-2/h3,16-17,20-21,24-26,28H,1,4-15,18-19,22-23H2,2H3/t24-,25-,26-,28-. The lowest BCUT2D eigenvalue weighted by Gasteiger charge is -2.32. The molecule has 0 bridgehead atoms. The number of allylic oxidation sites excluding steroid dienone is 1. The summed E-state index contributed by atoms with van der Waals surface area (Å²) in [5.74, 6) is 3.83. The van der Waals surface area contributed by atoms with E-state index >= 15 is 0 Å². The second-order valence-electron chi connectivity index (χ2n) is 10.2. The van der Waals surface area contributed by atoms with Crippen LogP contribution in [0.2, 0.25) is 0 Å². The lowest BCUT2D eigenvalue weighted by molar-refractivity contribution is 0.121. The number of hydrogen-bond donors (Lipinski definition) is 0. The van der Waals surface area contributed by atoms with Crippen molar-refractivity contribution in [3.63, 3.8) is 0 Å². The first kappa shape index (κ1) is 23.6. The Morgan fingerprint density at radius 1 is 0.833 bits per heavy atom. The maximum absolute atomic E-state index is 5.67. The first-order chi connectivity index (χ1) is 14.8. The van der Waals surface area contributed by atoms with Crippen LogP contribution in [-0.4, -0.2) is 6.61 Å². The summed E-state index contributed by atoms with van der Waals surface area (Å²) in [6.45, 7) is 7.65. The van der Waals surface area contributed by atoms with Gasteiger partial charge in [-0.3, -0.25) is 0 Å². The van der Waals surface area contributed by atoms with Gasteiger partial charge < -0.3 is 4.74 Å². The monoisotopic (exact) mass is 410 g/mol. The average Bonchev–Trinajstić information content (AvgIpc) is 2.80. The number of unbranched alkanes of at least 4 members (excludes halogenated alkanes) is 1. The minimum Gasteiger partial charge on any atom is -0.377 e. The van der Waals surface area contributed by atoms with Gasteiger partial charge in [-0.25, -0.2) is 0 Å². The molecule has 30 heavy (non-hydrogen) atoms. The van der Waals surface area contributed by atoms with Crippen molar-refractivity contribution < 1.29 is 4.74 Å². The Morgan fingerprint density at radius 3 is 1.97 bits per heavy atom. The van der Waals surface area contributed by atoms with Gasteiger partial charge in [0.15, 0.2) is 0 Å². The van der Waals surface area contributed by atoms with Crippen molar-refractivity contribution in [3.05, 3.63) is 48.0 Å². The summed E-state index contributed by atoms with van der Waals surface area (Å²) in [6, 6.07) is 9.29. The van der Waals surface area contributed by atoms with E-state index in [-0.39, 0.29) is 0 Å². The van der Waals surface area contributed by atoms with Crippen molar-refractivity contribution in [3.8, 4) is 0 Å². The predicted octanol–water partition coefficient (Wildman–Crippen LogP) is 8.83. The van der Waals surface area contributed by atoms with Crippen LogP contribution in [-0.2, 0) is 11.3 Å². The quantitative estimate of drug-likeness (QED) is 0.247. The zero-order chi connectivity index (χ0) is 21.0.